The lowest BCUT2D eigenvalue weighted by molar-refractivity contribution is 0.0976. The molecule has 0 aliphatic rings. The molecule has 0 aliphatic carbocycles. The lowest BCUT2D eigenvalue weighted by Gasteiger charge is -2.05. The van der Waals surface area contributed by atoms with E-state index >= 15 is 0 Å². The highest BCUT2D eigenvalue weighted by Crippen LogP contribution is 2.27. The van der Waals surface area contributed by atoms with Crippen LogP contribution in [0, 0.1) is 13.8 Å². The van der Waals surface area contributed by atoms with Crippen LogP contribution < -0.4 is 0 Å². The fourth-order valence-electron chi connectivity index (χ4n) is 5.16. The predicted octanol–water partition coefficient (Wildman–Crippen LogP) is 5.73. The molecule has 0 aliphatic heterocycles. The molecule has 0 saturated heterocycles. The lowest BCUT2D eigenvalue weighted by atomic mass is 9.96. The molecule has 10 heteroatoms. The van der Waals surface area contributed by atoms with Gasteiger partial charge in [0.2, 0.25) is 11.6 Å². The molecule has 0 unspecified atom stereocenters. The van der Waals surface area contributed by atoms with Crippen LogP contribution in [0.4, 0.5) is 0 Å². The van der Waals surface area contributed by atoms with Crippen molar-refractivity contribution < 1.29 is 19.2 Å². The van der Waals surface area contributed by atoms with Crippen molar-refractivity contribution in [1.82, 2.24) is 29.3 Å². The highest BCUT2D eigenvalue weighted by molar-refractivity contribution is 6.23. The van der Waals surface area contributed by atoms with E-state index in [1.165, 1.54) is 40.3 Å². The zero-order chi connectivity index (χ0) is 31.8. The summed E-state index contributed by atoms with van der Waals surface area (Å²) in [6, 6.07) is 25.6. The van der Waals surface area contributed by atoms with E-state index in [1.54, 1.807) is 31.2 Å². The minimum Gasteiger partial charge on any atom is -0.293 e. The number of aryl methyl sites for hydroxylation is 1. The van der Waals surface area contributed by atoms with Gasteiger partial charge in [0, 0.05) is 26.2 Å². The molecule has 0 radical (unpaired) electrons. The van der Waals surface area contributed by atoms with E-state index in [2.05, 4.69) is 15.3 Å². The molecule has 0 N–H and O–H groups in total. The maximum Gasteiger partial charge on any atom is 0.217 e. The average Bonchev–Trinajstić information content (AvgIpc) is 3.78. The highest BCUT2D eigenvalue weighted by Gasteiger charge is 2.33. The van der Waals surface area contributed by atoms with E-state index in [-0.39, 0.29) is 33.8 Å². The largest absolute Gasteiger partial charge is 0.293 e. The number of benzene rings is 3. The molecule has 0 atom stereocenters. The normalized spacial score (nSPS) is 11.0. The monoisotopic (exact) mass is 596 g/mol. The van der Waals surface area contributed by atoms with Gasteiger partial charge < -0.3 is 0 Å². The minimum absolute atomic E-state index is 0.000677. The van der Waals surface area contributed by atoms with E-state index in [4.69, 9.17) is 0 Å². The van der Waals surface area contributed by atoms with Crippen LogP contribution >= 0.6 is 0 Å². The van der Waals surface area contributed by atoms with Crippen molar-refractivity contribution in [2.45, 2.75) is 27.7 Å². The summed E-state index contributed by atoms with van der Waals surface area (Å²) >= 11 is 0. The Bertz CT molecular complexity index is 2100. The summed E-state index contributed by atoms with van der Waals surface area (Å²) in [5.74, 6) is -2.08. The van der Waals surface area contributed by atoms with E-state index in [0.29, 0.717) is 22.8 Å². The number of carbonyl (C=O) groups excluding carboxylic acids is 4. The highest BCUT2D eigenvalue weighted by atomic mass is 16.1. The second-order valence-electron chi connectivity index (χ2n) is 10.7. The molecular formula is C35H28N6O4. The van der Waals surface area contributed by atoms with Crippen LogP contribution in [0.15, 0.2) is 97.3 Å². The van der Waals surface area contributed by atoms with Gasteiger partial charge in [0.05, 0.1) is 39.4 Å². The number of carbonyl (C=O) groups is 4. The summed E-state index contributed by atoms with van der Waals surface area (Å²) < 4.78 is 4.43. The van der Waals surface area contributed by atoms with Gasteiger partial charge in [-0.25, -0.2) is 14.0 Å². The van der Waals surface area contributed by atoms with Crippen molar-refractivity contribution in [3.8, 4) is 17.1 Å². The Balaban J connectivity index is 1.55. The smallest absolute Gasteiger partial charge is 0.217 e. The second-order valence-corrected chi connectivity index (χ2v) is 10.7. The molecular weight excluding hydrogens is 568 g/mol. The van der Waals surface area contributed by atoms with Crippen LogP contribution in [-0.4, -0.2) is 52.5 Å². The third-order valence-electron chi connectivity index (χ3n) is 7.46. The lowest BCUT2D eigenvalue weighted by Crippen LogP contribution is -2.14. The molecule has 0 amide bonds. The van der Waals surface area contributed by atoms with Gasteiger partial charge in [0.25, 0.3) is 0 Å². The molecule has 222 valence electrons. The Hall–Kier alpha value is -6.03. The first-order valence-electron chi connectivity index (χ1n) is 14.2. The van der Waals surface area contributed by atoms with Gasteiger partial charge in [-0.1, -0.05) is 54.1 Å². The van der Waals surface area contributed by atoms with Gasteiger partial charge >= 0.3 is 0 Å². The fraction of sp³-hybridized carbons (Fsp3) is 0.114. The minimum atomic E-state index is -0.653. The average molecular weight is 597 g/mol. The molecule has 3 heterocycles. The van der Waals surface area contributed by atoms with Crippen molar-refractivity contribution in [3.05, 3.63) is 142 Å². The van der Waals surface area contributed by atoms with Gasteiger partial charge in [0.15, 0.2) is 11.6 Å². The molecule has 0 spiro atoms. The first-order chi connectivity index (χ1) is 21.6. The summed E-state index contributed by atoms with van der Waals surface area (Å²) in [5, 5.41) is 13.5. The first kappa shape index (κ1) is 29.1. The third kappa shape index (κ3) is 5.33. The van der Waals surface area contributed by atoms with E-state index in [0.717, 1.165) is 5.56 Å². The number of aromatic nitrogens is 6. The summed E-state index contributed by atoms with van der Waals surface area (Å²) in [6.45, 7) is 6.30. The topological polar surface area (TPSA) is 122 Å². The van der Waals surface area contributed by atoms with Crippen molar-refractivity contribution in [2.24, 2.45) is 0 Å². The molecule has 0 saturated carbocycles. The summed E-state index contributed by atoms with van der Waals surface area (Å²) in [5.41, 5.74) is 3.11. The van der Waals surface area contributed by atoms with Gasteiger partial charge in [-0.2, -0.15) is 15.3 Å². The quantitative estimate of drug-likeness (QED) is 0.196. The predicted molar refractivity (Wildman–Crippen MR) is 167 cm³/mol. The van der Waals surface area contributed by atoms with Gasteiger partial charge in [-0.15, -0.1) is 0 Å². The fourth-order valence-corrected chi connectivity index (χ4v) is 5.16. The van der Waals surface area contributed by atoms with Crippen LogP contribution in [0.25, 0.3) is 17.1 Å². The van der Waals surface area contributed by atoms with Gasteiger partial charge in [-0.3, -0.25) is 19.2 Å². The number of nitrogens with zero attached hydrogens (tertiary/aromatic N) is 6. The molecule has 0 fully saturated rings. The molecule has 3 aromatic heterocycles. The number of ketones is 4. The number of para-hydroxylation sites is 2. The zero-order valence-corrected chi connectivity index (χ0v) is 25.1. The number of hydrogen-bond acceptors (Lipinski definition) is 7. The van der Waals surface area contributed by atoms with Crippen LogP contribution in [0.5, 0.6) is 0 Å². The van der Waals surface area contributed by atoms with E-state index in [1.807, 2.05) is 67.6 Å². The van der Waals surface area contributed by atoms with Crippen molar-refractivity contribution in [2.75, 3.05) is 0 Å². The number of rotatable bonds is 9. The first-order valence-corrected chi connectivity index (χ1v) is 14.2. The van der Waals surface area contributed by atoms with Crippen molar-refractivity contribution in [3.63, 3.8) is 0 Å². The molecule has 45 heavy (non-hydrogen) atoms. The Labute approximate surface area is 258 Å². The van der Waals surface area contributed by atoms with Gasteiger partial charge in [0.1, 0.15) is 17.1 Å². The number of hydrogen-bond donors (Lipinski definition) is 0. The van der Waals surface area contributed by atoms with Crippen LogP contribution in [0.1, 0.15) is 78.1 Å². The van der Waals surface area contributed by atoms with Crippen LogP contribution in [-0.2, 0) is 0 Å². The van der Waals surface area contributed by atoms with Crippen molar-refractivity contribution >= 4 is 23.1 Å². The Morgan fingerprint density at radius 1 is 0.533 bits per heavy atom. The third-order valence-corrected chi connectivity index (χ3v) is 7.46. The molecule has 0 bridgehead atoms. The van der Waals surface area contributed by atoms with Crippen LogP contribution in [0.2, 0.25) is 0 Å². The Morgan fingerprint density at radius 2 is 1.00 bits per heavy atom. The Morgan fingerprint density at radius 3 is 1.47 bits per heavy atom. The second kappa shape index (κ2) is 11.6. The van der Waals surface area contributed by atoms with Crippen molar-refractivity contribution in [1.29, 1.82) is 0 Å². The molecule has 3 aromatic carbocycles. The summed E-state index contributed by atoms with van der Waals surface area (Å²) in [7, 11) is 0. The molecule has 6 aromatic rings. The molecule has 10 nitrogen and oxygen atoms in total. The SMILES string of the molecule is CC(=O)c1nn(-c2ccccc2)cc1C(=O)c1nn(-c2ccc(C)cc2)c(C)c1C(=O)c1cn(-c2ccccc2)nc1C(C)=O. The van der Waals surface area contributed by atoms with E-state index < -0.39 is 23.1 Å². The summed E-state index contributed by atoms with van der Waals surface area (Å²) in [4.78, 5) is 54.2. The standard InChI is InChI=1S/C35H28N6O4/c1-21-15-17-27(18-16-21)41-22(2)30(34(44)28-19-39(36-31(28)23(3)42)25-11-7-5-8-12-25)33(38-41)35(45)29-20-40(37-32(29)24(4)43)26-13-9-6-10-14-26/h5-20H,1-4H3. The summed E-state index contributed by atoms with van der Waals surface area (Å²) in [6.07, 6.45) is 2.96. The number of Topliss-reactive ketones (excluding diaryl/α,β-unsaturated/α-hetero) is 2. The zero-order valence-electron chi connectivity index (χ0n) is 25.1. The Kier molecular flexibility index (Phi) is 7.47. The maximum absolute atomic E-state index is 14.4. The van der Waals surface area contributed by atoms with Gasteiger partial charge in [-0.05, 0) is 50.2 Å². The van der Waals surface area contributed by atoms with E-state index in [9.17, 15) is 19.2 Å². The maximum atomic E-state index is 14.4. The molecule has 6 rings (SSSR count). The van der Waals surface area contributed by atoms with Crippen LogP contribution in [0.3, 0.4) is 0 Å².